The fourth-order valence-electron chi connectivity index (χ4n) is 1.23. The number of nitrogens with one attached hydrogen (secondary N) is 1. The number of hydrogen-bond acceptors (Lipinski definition) is 4. The molecular weight excluding hydrogens is 257 g/mol. The van der Waals surface area contributed by atoms with E-state index in [0.717, 1.165) is 12.1 Å². The Morgan fingerprint density at radius 3 is 2.35 bits per heavy atom. The molecule has 0 spiro atoms. The van der Waals surface area contributed by atoms with Crippen LogP contribution in [0.1, 0.15) is 12.5 Å². The van der Waals surface area contributed by atoms with Crippen LogP contribution in [-0.4, -0.2) is 14.2 Å². The quantitative estimate of drug-likeness (QED) is 0.647. The van der Waals surface area contributed by atoms with Crippen molar-refractivity contribution in [3.05, 3.63) is 23.8 Å². The van der Waals surface area contributed by atoms with E-state index in [0.29, 0.717) is 6.07 Å². The zero-order chi connectivity index (χ0) is 13.3. The molecule has 4 nitrogen and oxygen atoms in total. The van der Waals surface area contributed by atoms with Gasteiger partial charge in [0.1, 0.15) is 0 Å². The molecule has 1 rings (SSSR count). The van der Waals surface area contributed by atoms with Gasteiger partial charge in [-0.05, 0) is 18.2 Å². The molecule has 0 aliphatic rings. The fraction of sp³-hybridized carbons (Fsp3) is 0.333. The molecule has 3 N–H and O–H groups in total. The van der Waals surface area contributed by atoms with Gasteiger partial charge >= 0.3 is 6.18 Å². The number of benzene rings is 1. The number of alkyl halides is 3. The first-order chi connectivity index (χ1) is 7.72. The van der Waals surface area contributed by atoms with E-state index in [2.05, 4.69) is 5.43 Å². The first-order valence-corrected chi connectivity index (χ1v) is 6.28. The number of hydrazine groups is 1. The predicted molar refractivity (Wildman–Crippen MR) is 57.0 cm³/mol. The van der Waals surface area contributed by atoms with E-state index >= 15 is 0 Å². The predicted octanol–water partition coefficient (Wildman–Crippen LogP) is 1.78. The third-order valence-electron chi connectivity index (χ3n) is 2.18. The average Bonchev–Trinajstić information content (AvgIpc) is 2.27. The topological polar surface area (TPSA) is 72.2 Å². The molecular formula is C9H11F3N2O2S. The highest BCUT2D eigenvalue weighted by molar-refractivity contribution is 7.91. The standard InChI is InChI=1S/C9H11F3N2O2S/c1-2-17(15,16)8-5-6(9(10,11)12)3-4-7(8)14-13/h3-5,14H,2,13H2,1H3. The summed E-state index contributed by atoms with van der Waals surface area (Å²) in [6.45, 7) is 1.34. The van der Waals surface area contributed by atoms with E-state index in [9.17, 15) is 21.6 Å². The van der Waals surface area contributed by atoms with Crippen molar-refractivity contribution in [1.82, 2.24) is 0 Å². The number of rotatable bonds is 3. The highest BCUT2D eigenvalue weighted by atomic mass is 32.2. The van der Waals surface area contributed by atoms with Gasteiger partial charge in [0.2, 0.25) is 0 Å². The van der Waals surface area contributed by atoms with Crippen molar-refractivity contribution in [2.24, 2.45) is 5.84 Å². The molecule has 0 unspecified atom stereocenters. The summed E-state index contributed by atoms with van der Waals surface area (Å²) in [5, 5.41) is 0. The van der Waals surface area contributed by atoms with Gasteiger partial charge in [0.15, 0.2) is 9.84 Å². The van der Waals surface area contributed by atoms with Crippen LogP contribution in [-0.2, 0) is 16.0 Å². The van der Waals surface area contributed by atoms with Crippen LogP contribution in [0, 0.1) is 0 Å². The van der Waals surface area contributed by atoms with Crippen LogP contribution >= 0.6 is 0 Å². The second kappa shape index (κ2) is 4.53. The van der Waals surface area contributed by atoms with Gasteiger partial charge < -0.3 is 5.43 Å². The van der Waals surface area contributed by atoms with Crippen molar-refractivity contribution >= 4 is 15.5 Å². The third kappa shape index (κ3) is 2.89. The maximum atomic E-state index is 12.4. The maximum absolute atomic E-state index is 12.4. The van der Waals surface area contributed by atoms with Crippen LogP contribution in [0.5, 0.6) is 0 Å². The SMILES string of the molecule is CCS(=O)(=O)c1cc(C(F)(F)F)ccc1NN. The van der Waals surface area contributed by atoms with E-state index in [1.165, 1.54) is 6.92 Å². The molecule has 0 atom stereocenters. The average molecular weight is 268 g/mol. The zero-order valence-electron chi connectivity index (χ0n) is 8.88. The Balaban J connectivity index is 3.46. The number of nitrogen functional groups attached to an aromatic ring is 1. The molecule has 0 radical (unpaired) electrons. The van der Waals surface area contributed by atoms with E-state index in [4.69, 9.17) is 5.84 Å². The Labute approximate surface area is 96.5 Å². The molecule has 0 amide bonds. The molecule has 0 heterocycles. The van der Waals surface area contributed by atoms with Crippen molar-refractivity contribution in [3.8, 4) is 0 Å². The lowest BCUT2D eigenvalue weighted by molar-refractivity contribution is -0.137. The zero-order valence-corrected chi connectivity index (χ0v) is 9.69. The lowest BCUT2D eigenvalue weighted by Crippen LogP contribution is -2.15. The largest absolute Gasteiger partial charge is 0.416 e. The number of nitrogens with two attached hydrogens (primary N) is 1. The molecule has 96 valence electrons. The van der Waals surface area contributed by atoms with Crippen LogP contribution in [0.25, 0.3) is 0 Å². The van der Waals surface area contributed by atoms with Gasteiger partial charge in [-0.15, -0.1) is 0 Å². The van der Waals surface area contributed by atoms with Crippen molar-refractivity contribution in [3.63, 3.8) is 0 Å². The molecule has 0 saturated heterocycles. The van der Waals surface area contributed by atoms with Gasteiger partial charge in [0.05, 0.1) is 21.9 Å². The summed E-state index contributed by atoms with van der Waals surface area (Å²) < 4.78 is 60.5. The van der Waals surface area contributed by atoms with Gasteiger partial charge in [0, 0.05) is 0 Å². The highest BCUT2D eigenvalue weighted by Gasteiger charge is 2.32. The number of sulfone groups is 1. The summed E-state index contributed by atoms with van der Waals surface area (Å²) in [4.78, 5) is -0.447. The summed E-state index contributed by atoms with van der Waals surface area (Å²) in [5.74, 6) is 4.76. The number of anilines is 1. The molecule has 8 heteroatoms. The van der Waals surface area contributed by atoms with Crippen LogP contribution in [0.4, 0.5) is 18.9 Å². The third-order valence-corrected chi connectivity index (χ3v) is 3.95. The summed E-state index contributed by atoms with van der Waals surface area (Å²) in [7, 11) is -3.77. The van der Waals surface area contributed by atoms with Crippen molar-refractivity contribution in [2.45, 2.75) is 18.0 Å². The van der Waals surface area contributed by atoms with E-state index < -0.39 is 26.5 Å². The Bertz CT molecular complexity index is 511. The molecule has 0 saturated carbocycles. The minimum Gasteiger partial charge on any atom is -0.323 e. The van der Waals surface area contributed by atoms with Gasteiger partial charge in [-0.25, -0.2) is 8.42 Å². The van der Waals surface area contributed by atoms with Gasteiger partial charge in [0.25, 0.3) is 0 Å². The maximum Gasteiger partial charge on any atom is 0.416 e. The van der Waals surface area contributed by atoms with Gasteiger partial charge in [-0.1, -0.05) is 6.92 Å². The van der Waals surface area contributed by atoms with Gasteiger partial charge in [-0.2, -0.15) is 13.2 Å². The molecule has 0 aromatic heterocycles. The summed E-state index contributed by atoms with van der Waals surface area (Å²) in [6.07, 6.45) is -4.59. The molecule has 17 heavy (non-hydrogen) atoms. The van der Waals surface area contributed by atoms with Crippen LogP contribution in [0.2, 0.25) is 0 Å². The van der Waals surface area contributed by atoms with Crippen LogP contribution < -0.4 is 11.3 Å². The molecule has 1 aromatic rings. The second-order valence-electron chi connectivity index (χ2n) is 3.26. The number of hydrogen-bond donors (Lipinski definition) is 2. The van der Waals surface area contributed by atoms with Crippen molar-refractivity contribution < 1.29 is 21.6 Å². The Kier molecular flexibility index (Phi) is 3.68. The first kappa shape index (κ1) is 13.8. The lowest BCUT2D eigenvalue weighted by atomic mass is 10.2. The van der Waals surface area contributed by atoms with Crippen LogP contribution in [0.3, 0.4) is 0 Å². The Morgan fingerprint density at radius 2 is 1.94 bits per heavy atom. The van der Waals surface area contributed by atoms with E-state index in [1.54, 1.807) is 0 Å². The Morgan fingerprint density at radius 1 is 1.35 bits per heavy atom. The lowest BCUT2D eigenvalue weighted by Gasteiger charge is -2.12. The Hall–Kier alpha value is -1.28. The van der Waals surface area contributed by atoms with E-state index in [-0.39, 0.29) is 11.4 Å². The van der Waals surface area contributed by atoms with Gasteiger partial charge in [-0.3, -0.25) is 5.84 Å². The minimum atomic E-state index is -4.59. The molecule has 0 fully saturated rings. The second-order valence-corrected chi connectivity index (χ2v) is 5.50. The molecule has 0 aliphatic carbocycles. The summed E-state index contributed by atoms with van der Waals surface area (Å²) in [6, 6.07) is 2.34. The summed E-state index contributed by atoms with van der Waals surface area (Å²) >= 11 is 0. The molecule has 0 bridgehead atoms. The monoisotopic (exact) mass is 268 g/mol. The fourth-order valence-corrected chi connectivity index (χ4v) is 2.31. The molecule has 0 aliphatic heterocycles. The normalized spacial score (nSPS) is 12.5. The first-order valence-electron chi connectivity index (χ1n) is 4.63. The summed E-state index contributed by atoms with van der Waals surface area (Å²) in [5.41, 5.74) is 0.988. The highest BCUT2D eigenvalue weighted by Crippen LogP contribution is 2.33. The minimum absolute atomic E-state index is 0.0557. The molecule has 1 aromatic carbocycles. The van der Waals surface area contributed by atoms with Crippen LogP contribution in [0.15, 0.2) is 23.1 Å². The smallest absolute Gasteiger partial charge is 0.323 e. The van der Waals surface area contributed by atoms with E-state index in [1.807, 2.05) is 0 Å². The van der Waals surface area contributed by atoms with Crippen molar-refractivity contribution in [2.75, 3.05) is 11.2 Å². The van der Waals surface area contributed by atoms with Crippen molar-refractivity contribution in [1.29, 1.82) is 0 Å². The number of halogens is 3.